The molecule has 2 atom stereocenters. The molecule has 7 nitrogen and oxygen atoms in total. The van der Waals surface area contributed by atoms with Crippen LogP contribution in [0.25, 0.3) is 0 Å². The Morgan fingerprint density at radius 1 is 1.62 bits per heavy atom. The van der Waals surface area contributed by atoms with Crippen LogP contribution in [0.5, 0.6) is 0 Å². The van der Waals surface area contributed by atoms with Crippen molar-refractivity contribution in [3.63, 3.8) is 0 Å². The smallest absolute Gasteiger partial charge is 0.352 e. The van der Waals surface area contributed by atoms with Crippen molar-refractivity contribution in [2.75, 3.05) is 17.3 Å². The van der Waals surface area contributed by atoms with Gasteiger partial charge in [-0.25, -0.2) is 4.79 Å². The van der Waals surface area contributed by atoms with E-state index in [0.717, 1.165) is 0 Å². The zero-order valence-electron chi connectivity index (χ0n) is 11.2. The molecular formula is C12H13N3O4S2. The third-order valence-electron chi connectivity index (χ3n) is 3.08. The molecule has 1 saturated heterocycles. The van der Waals surface area contributed by atoms with Gasteiger partial charge in [-0.15, -0.1) is 23.5 Å². The number of rotatable bonds is 5. The minimum atomic E-state index is -1.12. The van der Waals surface area contributed by atoms with E-state index in [1.165, 1.54) is 28.4 Å². The summed E-state index contributed by atoms with van der Waals surface area (Å²) < 4.78 is 0. The molecule has 21 heavy (non-hydrogen) atoms. The van der Waals surface area contributed by atoms with Gasteiger partial charge in [-0.05, 0) is 12.5 Å². The van der Waals surface area contributed by atoms with Crippen molar-refractivity contribution in [2.24, 2.45) is 0 Å². The third-order valence-corrected chi connectivity index (χ3v) is 5.30. The highest BCUT2D eigenvalue weighted by Crippen LogP contribution is 2.40. The van der Waals surface area contributed by atoms with Gasteiger partial charge in [-0.3, -0.25) is 14.5 Å². The third kappa shape index (κ3) is 3.01. The van der Waals surface area contributed by atoms with Crippen molar-refractivity contribution in [1.82, 2.24) is 10.2 Å². The summed E-state index contributed by atoms with van der Waals surface area (Å²) in [7, 11) is 0. The number of carboxylic acid groups (broad SMARTS) is 1. The van der Waals surface area contributed by atoms with E-state index in [0.29, 0.717) is 11.3 Å². The Kier molecular flexibility index (Phi) is 4.80. The summed E-state index contributed by atoms with van der Waals surface area (Å²) in [4.78, 5) is 36.2. The van der Waals surface area contributed by atoms with Crippen LogP contribution < -0.4 is 5.32 Å². The van der Waals surface area contributed by atoms with Crippen LogP contribution in [0.4, 0.5) is 0 Å². The Labute approximate surface area is 129 Å². The number of fused-ring (bicyclic) bond motifs is 1. The molecule has 1 fully saturated rings. The van der Waals surface area contributed by atoms with Gasteiger partial charge in [0.25, 0.3) is 5.91 Å². The van der Waals surface area contributed by atoms with Crippen LogP contribution in [0, 0.1) is 11.3 Å². The van der Waals surface area contributed by atoms with Crippen molar-refractivity contribution in [3.8, 4) is 6.07 Å². The molecule has 2 heterocycles. The van der Waals surface area contributed by atoms with Gasteiger partial charge in [0.15, 0.2) is 0 Å². The molecule has 0 aromatic carbocycles. The monoisotopic (exact) mass is 327 g/mol. The second kappa shape index (κ2) is 6.41. The lowest BCUT2D eigenvalue weighted by molar-refractivity contribution is -0.150. The second-order valence-electron chi connectivity index (χ2n) is 4.54. The standard InChI is InChI=1S/C12H13N3O4S2/c1-6-4-21-11-8(14-7(16)5-20-3-2-13)10(17)15(11)9(6)12(18)19/h8,11H,3-5H2,1H3,(H,14,16)(H,18,19)/t8-,11+/m0/s1. The average molecular weight is 327 g/mol. The Morgan fingerprint density at radius 2 is 2.33 bits per heavy atom. The molecule has 112 valence electrons. The van der Waals surface area contributed by atoms with Crippen LogP contribution in [-0.2, 0) is 14.4 Å². The molecule has 2 amide bonds. The maximum absolute atomic E-state index is 12.1. The van der Waals surface area contributed by atoms with Crippen LogP contribution in [0.3, 0.4) is 0 Å². The minimum Gasteiger partial charge on any atom is -0.477 e. The molecule has 0 aromatic heterocycles. The molecule has 2 aliphatic heterocycles. The lowest BCUT2D eigenvalue weighted by Crippen LogP contribution is -2.70. The normalized spacial score (nSPS) is 24.0. The molecule has 0 radical (unpaired) electrons. The summed E-state index contributed by atoms with van der Waals surface area (Å²) in [6.45, 7) is 1.68. The number of carboxylic acids is 1. The Morgan fingerprint density at radius 3 is 2.95 bits per heavy atom. The van der Waals surface area contributed by atoms with E-state index in [4.69, 9.17) is 5.26 Å². The van der Waals surface area contributed by atoms with Gasteiger partial charge in [0, 0.05) is 5.75 Å². The summed E-state index contributed by atoms with van der Waals surface area (Å²) in [6, 6.07) is 1.23. The number of hydrogen-bond donors (Lipinski definition) is 2. The number of carbonyl (C=O) groups excluding carboxylic acids is 2. The lowest BCUT2D eigenvalue weighted by atomic mass is 10.0. The Bertz CT molecular complexity index is 569. The van der Waals surface area contributed by atoms with Gasteiger partial charge < -0.3 is 10.4 Å². The highest BCUT2D eigenvalue weighted by Gasteiger charge is 2.53. The van der Waals surface area contributed by atoms with Crippen LogP contribution in [0.2, 0.25) is 0 Å². The molecule has 0 unspecified atom stereocenters. The number of amides is 2. The van der Waals surface area contributed by atoms with Gasteiger partial charge in [0.2, 0.25) is 5.91 Å². The van der Waals surface area contributed by atoms with Gasteiger partial charge >= 0.3 is 5.97 Å². The van der Waals surface area contributed by atoms with Gasteiger partial charge in [-0.2, -0.15) is 5.26 Å². The Hall–Kier alpha value is -1.66. The highest BCUT2D eigenvalue weighted by atomic mass is 32.2. The van der Waals surface area contributed by atoms with E-state index >= 15 is 0 Å². The van der Waals surface area contributed by atoms with E-state index in [1.54, 1.807) is 6.92 Å². The van der Waals surface area contributed by atoms with Crippen LogP contribution in [0.15, 0.2) is 11.3 Å². The number of nitriles is 1. The lowest BCUT2D eigenvalue weighted by Gasteiger charge is -2.49. The van der Waals surface area contributed by atoms with Crippen molar-refractivity contribution in [2.45, 2.75) is 18.3 Å². The highest BCUT2D eigenvalue weighted by molar-refractivity contribution is 8.00. The molecule has 0 aromatic rings. The van der Waals surface area contributed by atoms with Gasteiger partial charge in [-0.1, -0.05) is 0 Å². The summed E-state index contributed by atoms with van der Waals surface area (Å²) in [5.74, 6) is -1.01. The number of nitrogens with zero attached hydrogens (tertiary/aromatic N) is 2. The molecule has 2 N–H and O–H groups in total. The van der Waals surface area contributed by atoms with Crippen molar-refractivity contribution < 1.29 is 19.5 Å². The first-order chi connectivity index (χ1) is 9.97. The van der Waals surface area contributed by atoms with E-state index in [1.807, 2.05) is 6.07 Å². The molecule has 0 bridgehead atoms. The van der Waals surface area contributed by atoms with E-state index in [-0.39, 0.29) is 28.5 Å². The van der Waals surface area contributed by atoms with Crippen molar-refractivity contribution in [1.29, 1.82) is 5.26 Å². The largest absolute Gasteiger partial charge is 0.477 e. The first-order valence-corrected chi connectivity index (χ1v) is 8.29. The maximum Gasteiger partial charge on any atom is 0.352 e. The predicted octanol–water partition coefficient (Wildman–Crippen LogP) is 0.00168. The minimum absolute atomic E-state index is 0.0214. The molecule has 0 aliphatic carbocycles. The summed E-state index contributed by atoms with van der Waals surface area (Å²) >= 11 is 2.60. The van der Waals surface area contributed by atoms with Gasteiger partial charge in [0.1, 0.15) is 17.1 Å². The first kappa shape index (κ1) is 15.7. The quantitative estimate of drug-likeness (QED) is 0.540. The number of carbonyl (C=O) groups is 3. The fourth-order valence-corrected chi connectivity index (χ4v) is 3.93. The summed E-state index contributed by atoms with van der Waals surface area (Å²) in [6.07, 6.45) is 0. The molecule has 2 rings (SSSR count). The number of hydrogen-bond acceptors (Lipinski definition) is 6. The maximum atomic E-state index is 12.1. The molecule has 0 saturated carbocycles. The Balaban J connectivity index is 1.99. The fourth-order valence-electron chi connectivity index (χ4n) is 2.18. The predicted molar refractivity (Wildman–Crippen MR) is 78.3 cm³/mol. The zero-order valence-corrected chi connectivity index (χ0v) is 12.8. The molecule has 0 spiro atoms. The fraction of sp³-hybridized carbons (Fsp3) is 0.500. The van der Waals surface area contributed by atoms with E-state index in [2.05, 4.69) is 5.32 Å². The topological polar surface area (TPSA) is 110 Å². The van der Waals surface area contributed by atoms with Crippen molar-refractivity contribution in [3.05, 3.63) is 11.3 Å². The zero-order chi connectivity index (χ0) is 15.6. The van der Waals surface area contributed by atoms with E-state index in [9.17, 15) is 19.5 Å². The first-order valence-electron chi connectivity index (χ1n) is 6.09. The van der Waals surface area contributed by atoms with E-state index < -0.39 is 17.9 Å². The molecular weight excluding hydrogens is 314 g/mol. The van der Waals surface area contributed by atoms with Crippen molar-refractivity contribution >= 4 is 41.3 Å². The number of aliphatic carboxylic acids is 1. The van der Waals surface area contributed by atoms with Crippen LogP contribution in [0.1, 0.15) is 6.92 Å². The van der Waals surface area contributed by atoms with Crippen LogP contribution in [-0.4, -0.2) is 56.5 Å². The summed E-state index contributed by atoms with van der Waals surface area (Å²) in [5, 5.41) is 19.8. The van der Waals surface area contributed by atoms with Gasteiger partial charge in [0.05, 0.1) is 17.6 Å². The molecule has 2 aliphatic rings. The second-order valence-corrected chi connectivity index (χ2v) is 6.63. The summed E-state index contributed by atoms with van der Waals surface area (Å²) in [5.41, 5.74) is 0.666. The SMILES string of the molecule is CC1=C(C(=O)O)N2C(=O)[C@H](NC(=O)CSCC#N)[C@H]2SC1. The number of β-lactam (4-membered cyclic amide) rings is 1. The number of thioether (sulfide) groups is 2. The average Bonchev–Trinajstić information content (AvgIpc) is 2.44. The molecule has 9 heteroatoms. The number of nitrogens with one attached hydrogen (secondary N) is 1. The van der Waals surface area contributed by atoms with Crippen LogP contribution >= 0.6 is 23.5 Å².